The first-order valence-electron chi connectivity index (χ1n) is 20.8. The normalized spacial score (nSPS) is 24.4. The third-order valence-electron chi connectivity index (χ3n) is 10.3. The maximum Gasteiger partial charge on any atom is 0.335 e. The van der Waals surface area contributed by atoms with E-state index in [2.05, 4.69) is 49.5 Å². The second-order valence-corrected chi connectivity index (χ2v) is 15.8. The van der Waals surface area contributed by atoms with Crippen molar-refractivity contribution in [3.63, 3.8) is 0 Å². The van der Waals surface area contributed by atoms with Gasteiger partial charge in [-0.05, 0) is 69.8 Å². The molecule has 9 atom stereocenters. The van der Waals surface area contributed by atoms with Gasteiger partial charge in [-0.1, -0.05) is 106 Å². The molecule has 2 rings (SSSR count). The number of unbranched alkanes of at least 4 members (excludes halogenated alkanes) is 2. The number of carboxylic acid groups (broad SMARTS) is 1. The van der Waals surface area contributed by atoms with Crippen molar-refractivity contribution in [1.82, 2.24) is 10.2 Å². The SMILES string of the molecule is CC(=CC=C/C=C/C=C/C=C/C(C)C(OC1OC(C(=O)O)C(O)C(O)C1O)C(C)=CC(C)CCCC=CC(C)CC=CCCCN(C)C(=N)N)C(=O)NC1C(=O)CCC1=O. The summed E-state index contributed by atoms with van der Waals surface area (Å²) in [4.78, 5) is 49.4. The molecule has 1 heterocycles. The number of nitrogens with zero attached hydrogens (tertiary/aromatic N) is 1. The lowest BCUT2D eigenvalue weighted by molar-refractivity contribution is -0.303. The van der Waals surface area contributed by atoms with Gasteiger partial charge < -0.3 is 45.9 Å². The topological polar surface area (TPSA) is 233 Å². The molecule has 0 aromatic rings. The van der Waals surface area contributed by atoms with Gasteiger partial charge >= 0.3 is 5.97 Å². The Labute approximate surface area is 355 Å². The molecule has 1 aliphatic carbocycles. The number of guanidine groups is 1. The zero-order chi connectivity index (χ0) is 44.8. The van der Waals surface area contributed by atoms with Crippen molar-refractivity contribution in [2.45, 2.75) is 129 Å². The minimum absolute atomic E-state index is 0.0805. The smallest absolute Gasteiger partial charge is 0.335 e. The highest BCUT2D eigenvalue weighted by molar-refractivity contribution is 6.15. The van der Waals surface area contributed by atoms with E-state index >= 15 is 0 Å². The van der Waals surface area contributed by atoms with Crippen molar-refractivity contribution in [1.29, 1.82) is 5.41 Å². The Kier molecular flexibility index (Phi) is 23.3. The highest BCUT2D eigenvalue weighted by Gasteiger charge is 2.48. The van der Waals surface area contributed by atoms with E-state index in [1.54, 1.807) is 54.4 Å². The van der Waals surface area contributed by atoms with Crippen molar-refractivity contribution < 1.29 is 49.1 Å². The predicted octanol–water partition coefficient (Wildman–Crippen LogP) is 4.98. The Hall–Kier alpha value is -4.73. The molecular formula is C46H68N4O10. The van der Waals surface area contributed by atoms with Gasteiger partial charge in [-0.15, -0.1) is 0 Å². The highest BCUT2D eigenvalue weighted by atomic mass is 16.7. The molecule has 1 amide bonds. The van der Waals surface area contributed by atoms with Gasteiger partial charge in [0.15, 0.2) is 29.9 Å². The molecule has 8 N–H and O–H groups in total. The maximum absolute atomic E-state index is 12.3. The quantitative estimate of drug-likeness (QED) is 0.0130. The lowest BCUT2D eigenvalue weighted by atomic mass is 9.92. The summed E-state index contributed by atoms with van der Waals surface area (Å²) in [5.74, 6) is -2.13. The zero-order valence-electron chi connectivity index (χ0n) is 36.0. The summed E-state index contributed by atoms with van der Waals surface area (Å²) in [6, 6.07) is -1.06. The molecule has 0 spiro atoms. The first kappa shape index (κ1) is 51.4. The first-order valence-corrected chi connectivity index (χ1v) is 20.8. The summed E-state index contributed by atoms with van der Waals surface area (Å²) in [6.07, 6.45) is 23.4. The Balaban J connectivity index is 2.01. The number of carboxylic acids is 1. The second kappa shape index (κ2) is 27.2. The molecule has 1 saturated carbocycles. The number of aliphatic hydroxyl groups is 3. The molecule has 0 bridgehead atoms. The Morgan fingerprint density at radius 2 is 1.50 bits per heavy atom. The molecule has 1 saturated heterocycles. The number of nitrogens with one attached hydrogen (secondary N) is 2. The van der Waals surface area contributed by atoms with Gasteiger partial charge in [-0.2, -0.15) is 0 Å². The Morgan fingerprint density at radius 1 is 0.883 bits per heavy atom. The number of ketones is 2. The van der Waals surface area contributed by atoms with Crippen LogP contribution in [0.25, 0.3) is 0 Å². The molecule has 1 aliphatic heterocycles. The van der Waals surface area contributed by atoms with Crippen molar-refractivity contribution in [2.75, 3.05) is 13.6 Å². The van der Waals surface area contributed by atoms with Crippen LogP contribution in [0.3, 0.4) is 0 Å². The first-order chi connectivity index (χ1) is 28.4. The minimum Gasteiger partial charge on any atom is -0.479 e. The Morgan fingerprint density at radius 3 is 2.13 bits per heavy atom. The number of allylic oxidation sites excluding steroid dienone is 13. The van der Waals surface area contributed by atoms with Crippen LogP contribution in [-0.2, 0) is 28.7 Å². The molecule has 2 fully saturated rings. The number of aliphatic hydroxyl groups excluding tert-OH is 3. The van der Waals surface area contributed by atoms with Gasteiger partial charge in [0.2, 0.25) is 5.91 Å². The van der Waals surface area contributed by atoms with Crippen LogP contribution in [-0.4, -0.2) is 111 Å². The van der Waals surface area contributed by atoms with E-state index in [1.807, 2.05) is 33.0 Å². The number of nitrogens with two attached hydrogens (primary N) is 1. The van der Waals surface area contributed by atoms with E-state index in [1.165, 1.54) is 0 Å². The third-order valence-corrected chi connectivity index (χ3v) is 10.3. The van der Waals surface area contributed by atoms with Gasteiger partial charge in [0, 0.05) is 37.9 Å². The molecule has 2 aliphatic rings. The van der Waals surface area contributed by atoms with Crippen molar-refractivity contribution in [3.05, 3.63) is 96.2 Å². The number of Topliss-reactive ketones (excluding diaryl/α,β-unsaturated/α-hetero) is 2. The second-order valence-electron chi connectivity index (χ2n) is 15.8. The number of hydrogen-bond donors (Lipinski definition) is 7. The molecular weight excluding hydrogens is 769 g/mol. The van der Waals surface area contributed by atoms with E-state index < -0.39 is 54.7 Å². The Bertz CT molecular complexity index is 1660. The van der Waals surface area contributed by atoms with E-state index in [0.717, 1.165) is 50.6 Å². The van der Waals surface area contributed by atoms with E-state index in [0.29, 0.717) is 11.5 Å². The van der Waals surface area contributed by atoms with Crippen molar-refractivity contribution in [3.8, 4) is 0 Å². The van der Waals surface area contributed by atoms with E-state index in [9.17, 15) is 39.6 Å². The van der Waals surface area contributed by atoms with Gasteiger partial charge in [0.1, 0.15) is 24.4 Å². The number of amides is 1. The summed E-state index contributed by atoms with van der Waals surface area (Å²) in [5.41, 5.74) is 6.66. The van der Waals surface area contributed by atoms with Gasteiger partial charge in [-0.3, -0.25) is 19.8 Å². The predicted molar refractivity (Wildman–Crippen MR) is 232 cm³/mol. The van der Waals surface area contributed by atoms with E-state index in [-0.39, 0.29) is 42.2 Å². The molecule has 332 valence electrons. The largest absolute Gasteiger partial charge is 0.479 e. The number of carbonyl (C=O) groups excluding carboxylic acids is 3. The van der Waals surface area contributed by atoms with Crippen molar-refractivity contribution in [2.24, 2.45) is 23.5 Å². The van der Waals surface area contributed by atoms with Gasteiger partial charge in [0.05, 0.1) is 6.10 Å². The van der Waals surface area contributed by atoms with Crippen LogP contribution >= 0.6 is 0 Å². The van der Waals surface area contributed by atoms with Crippen LogP contribution in [0.5, 0.6) is 0 Å². The van der Waals surface area contributed by atoms with Crippen LogP contribution in [0.2, 0.25) is 0 Å². The summed E-state index contributed by atoms with van der Waals surface area (Å²) in [7, 11) is 1.81. The molecule has 9 unspecified atom stereocenters. The number of aliphatic carboxylic acids is 1. The van der Waals surface area contributed by atoms with Crippen LogP contribution in [0, 0.1) is 23.2 Å². The van der Waals surface area contributed by atoms with Crippen LogP contribution < -0.4 is 11.1 Å². The summed E-state index contributed by atoms with van der Waals surface area (Å²) in [6.45, 7) is 10.4. The number of ether oxygens (including phenoxy) is 2. The number of carbonyl (C=O) groups is 4. The summed E-state index contributed by atoms with van der Waals surface area (Å²) >= 11 is 0. The van der Waals surface area contributed by atoms with Crippen LogP contribution in [0.4, 0.5) is 0 Å². The average molecular weight is 837 g/mol. The molecule has 14 nitrogen and oxygen atoms in total. The zero-order valence-corrected chi connectivity index (χ0v) is 36.0. The molecule has 0 radical (unpaired) electrons. The lowest BCUT2D eigenvalue weighted by Crippen LogP contribution is -2.61. The highest BCUT2D eigenvalue weighted by Crippen LogP contribution is 2.29. The van der Waals surface area contributed by atoms with Gasteiger partial charge in [-0.25, -0.2) is 4.79 Å². The lowest BCUT2D eigenvalue weighted by Gasteiger charge is -2.40. The molecule has 14 heteroatoms. The fourth-order valence-corrected chi connectivity index (χ4v) is 6.60. The van der Waals surface area contributed by atoms with Crippen LogP contribution in [0.1, 0.15) is 86.0 Å². The molecule has 60 heavy (non-hydrogen) atoms. The summed E-state index contributed by atoms with van der Waals surface area (Å²) < 4.78 is 11.7. The van der Waals surface area contributed by atoms with E-state index in [4.69, 9.17) is 20.6 Å². The fourth-order valence-electron chi connectivity index (χ4n) is 6.60. The molecule has 0 aromatic carbocycles. The van der Waals surface area contributed by atoms with Gasteiger partial charge in [0.25, 0.3) is 0 Å². The minimum atomic E-state index is -1.83. The standard InChI is InChI=1S/C46H68N4O10/c1-30(21-15-12-13-20-28-50(6)46(47)48)22-16-14-17-23-31(2)29-34(5)41(59-45-40(55)38(53)39(54)42(60-45)44(57)58)32(3)24-18-10-8-7-9-11-19-25-33(4)43(56)49-37-35(51)26-27-36(37)52/h7-12,15-16,18-19,22,24-25,29-32,37-42,45,53-55H,13-14,17,20-21,23,26-28H2,1-6H3,(H3,47,48)(H,49,56)(H,57,58)/b9-7+,10-8+,15-12?,19-11?,22-16?,24-18+,33-25?,34-29?. The van der Waals surface area contributed by atoms with Crippen LogP contribution in [0.15, 0.2) is 96.2 Å². The number of hydrogen-bond acceptors (Lipinski definition) is 10. The fraction of sp³-hybridized carbons (Fsp3) is 0.543. The molecule has 0 aromatic heterocycles. The van der Waals surface area contributed by atoms with Crippen molar-refractivity contribution >= 4 is 29.4 Å². The number of rotatable bonds is 24. The third kappa shape index (κ3) is 18.3. The summed E-state index contributed by atoms with van der Waals surface area (Å²) in [5, 5.41) is 50.8. The maximum atomic E-state index is 12.3. The average Bonchev–Trinajstić information content (AvgIpc) is 3.51. The monoisotopic (exact) mass is 836 g/mol.